The number of nitrogens with one attached hydrogen (secondary N) is 1. The quantitative estimate of drug-likeness (QED) is 0.856. The SMILES string of the molecule is CCCc1c(C(=O)NCCN2C(=O)CSC2=O)sc2ccccc12. The van der Waals surface area contributed by atoms with Crippen molar-refractivity contribution in [3.63, 3.8) is 0 Å². The summed E-state index contributed by atoms with van der Waals surface area (Å²) < 4.78 is 1.10. The summed E-state index contributed by atoms with van der Waals surface area (Å²) in [5.41, 5.74) is 1.08. The molecule has 0 bridgehead atoms. The van der Waals surface area contributed by atoms with Gasteiger partial charge < -0.3 is 5.32 Å². The molecule has 2 aromatic rings. The number of benzene rings is 1. The number of fused-ring (bicyclic) bond motifs is 1. The predicted molar refractivity (Wildman–Crippen MR) is 97.7 cm³/mol. The average molecular weight is 362 g/mol. The molecule has 24 heavy (non-hydrogen) atoms. The number of thiophene rings is 1. The number of carbonyl (C=O) groups is 3. The zero-order valence-electron chi connectivity index (χ0n) is 13.3. The molecule has 1 aromatic carbocycles. The number of carbonyl (C=O) groups excluding carboxylic acids is 3. The highest BCUT2D eigenvalue weighted by molar-refractivity contribution is 8.14. The van der Waals surface area contributed by atoms with Crippen LogP contribution in [0.4, 0.5) is 4.79 Å². The minimum atomic E-state index is -0.234. The Morgan fingerprint density at radius 2 is 2.08 bits per heavy atom. The lowest BCUT2D eigenvalue weighted by Gasteiger charge is -2.13. The number of imide groups is 1. The maximum absolute atomic E-state index is 12.6. The van der Waals surface area contributed by atoms with E-state index >= 15 is 0 Å². The van der Waals surface area contributed by atoms with Crippen LogP contribution in [-0.2, 0) is 11.2 Å². The molecule has 0 atom stereocenters. The number of amides is 3. The molecule has 0 spiro atoms. The van der Waals surface area contributed by atoms with Crippen molar-refractivity contribution in [2.24, 2.45) is 0 Å². The van der Waals surface area contributed by atoms with Crippen LogP contribution in [-0.4, -0.2) is 40.8 Å². The summed E-state index contributed by atoms with van der Waals surface area (Å²) in [5.74, 6) is -0.122. The average Bonchev–Trinajstić information content (AvgIpc) is 3.10. The third-order valence-corrected chi connectivity index (χ3v) is 5.94. The van der Waals surface area contributed by atoms with Crippen molar-refractivity contribution in [2.45, 2.75) is 19.8 Å². The highest BCUT2D eigenvalue weighted by atomic mass is 32.2. The second-order valence-corrected chi connectivity index (χ2v) is 7.49. The third kappa shape index (κ3) is 3.32. The highest BCUT2D eigenvalue weighted by Crippen LogP contribution is 2.32. The molecule has 0 aliphatic carbocycles. The van der Waals surface area contributed by atoms with Crippen LogP contribution in [0.5, 0.6) is 0 Å². The Hall–Kier alpha value is -1.86. The first-order valence-electron chi connectivity index (χ1n) is 7.87. The minimum Gasteiger partial charge on any atom is -0.350 e. The van der Waals surface area contributed by atoms with Crippen LogP contribution >= 0.6 is 23.1 Å². The van der Waals surface area contributed by atoms with Gasteiger partial charge in [0.05, 0.1) is 10.6 Å². The van der Waals surface area contributed by atoms with Crippen molar-refractivity contribution < 1.29 is 14.4 Å². The van der Waals surface area contributed by atoms with Gasteiger partial charge in [-0.1, -0.05) is 43.3 Å². The molecule has 3 rings (SSSR count). The zero-order chi connectivity index (χ0) is 17.1. The molecule has 1 saturated heterocycles. The summed E-state index contributed by atoms with van der Waals surface area (Å²) >= 11 is 2.50. The molecule has 1 aromatic heterocycles. The molecule has 1 fully saturated rings. The van der Waals surface area contributed by atoms with Crippen LogP contribution in [0.2, 0.25) is 0 Å². The second-order valence-electron chi connectivity index (χ2n) is 5.51. The molecule has 126 valence electrons. The zero-order valence-corrected chi connectivity index (χ0v) is 15.0. The lowest BCUT2D eigenvalue weighted by atomic mass is 10.1. The van der Waals surface area contributed by atoms with Gasteiger partial charge in [-0.25, -0.2) is 0 Å². The lowest BCUT2D eigenvalue weighted by Crippen LogP contribution is -2.37. The van der Waals surface area contributed by atoms with Gasteiger partial charge in [0.2, 0.25) is 5.91 Å². The van der Waals surface area contributed by atoms with Crippen LogP contribution < -0.4 is 5.32 Å². The van der Waals surface area contributed by atoms with E-state index in [4.69, 9.17) is 0 Å². The summed E-state index contributed by atoms with van der Waals surface area (Å²) in [6.07, 6.45) is 1.82. The van der Waals surface area contributed by atoms with Gasteiger partial charge in [0.1, 0.15) is 0 Å². The van der Waals surface area contributed by atoms with Crippen LogP contribution in [0, 0.1) is 0 Å². The highest BCUT2D eigenvalue weighted by Gasteiger charge is 2.29. The molecule has 5 nitrogen and oxygen atoms in total. The van der Waals surface area contributed by atoms with E-state index in [1.54, 1.807) is 0 Å². The molecule has 1 N–H and O–H groups in total. The molecule has 2 heterocycles. The summed E-state index contributed by atoms with van der Waals surface area (Å²) in [6, 6.07) is 8.03. The molecule has 7 heteroatoms. The topological polar surface area (TPSA) is 66.5 Å². The number of thioether (sulfide) groups is 1. The monoisotopic (exact) mass is 362 g/mol. The molecular weight excluding hydrogens is 344 g/mol. The van der Waals surface area contributed by atoms with Gasteiger partial charge in [-0.05, 0) is 23.4 Å². The molecule has 0 saturated carbocycles. The molecular formula is C17H18N2O3S2. The Morgan fingerprint density at radius 1 is 1.29 bits per heavy atom. The number of hydrogen-bond donors (Lipinski definition) is 1. The van der Waals surface area contributed by atoms with Gasteiger partial charge in [0, 0.05) is 17.8 Å². The summed E-state index contributed by atoms with van der Waals surface area (Å²) in [4.78, 5) is 37.6. The van der Waals surface area contributed by atoms with Gasteiger partial charge in [-0.15, -0.1) is 11.3 Å². The fourth-order valence-corrected chi connectivity index (χ4v) is 4.66. The van der Waals surface area contributed by atoms with Crippen LogP contribution in [0.3, 0.4) is 0 Å². The van der Waals surface area contributed by atoms with Gasteiger partial charge >= 0.3 is 0 Å². The smallest absolute Gasteiger partial charge is 0.288 e. The van der Waals surface area contributed by atoms with E-state index in [1.807, 2.05) is 24.3 Å². The Labute approximate surface area is 148 Å². The first kappa shape index (κ1) is 17.0. The maximum Gasteiger partial charge on any atom is 0.288 e. The van der Waals surface area contributed by atoms with E-state index in [9.17, 15) is 14.4 Å². The second kappa shape index (κ2) is 7.36. The van der Waals surface area contributed by atoms with Crippen LogP contribution in [0.1, 0.15) is 28.6 Å². The molecule has 0 unspecified atom stereocenters. The van der Waals surface area contributed by atoms with E-state index < -0.39 is 0 Å². The van der Waals surface area contributed by atoms with Gasteiger partial charge in [0.25, 0.3) is 11.1 Å². The molecule has 0 radical (unpaired) electrons. The largest absolute Gasteiger partial charge is 0.350 e. The first-order valence-corrected chi connectivity index (χ1v) is 9.67. The predicted octanol–water partition coefficient (Wildman–Crippen LogP) is 3.28. The number of aryl methyl sites for hydroxylation is 1. The van der Waals surface area contributed by atoms with Crippen molar-refractivity contribution in [1.82, 2.24) is 10.2 Å². The standard InChI is InChI=1S/C17H18N2O3S2/c1-2-5-12-11-6-3-4-7-13(11)24-15(12)16(21)18-8-9-19-14(20)10-23-17(19)22/h3-4,6-7H,2,5,8-10H2,1H3,(H,18,21). The van der Waals surface area contributed by atoms with E-state index in [2.05, 4.69) is 12.2 Å². The van der Waals surface area contributed by atoms with E-state index in [0.29, 0.717) is 0 Å². The fourth-order valence-electron chi connectivity index (χ4n) is 2.74. The van der Waals surface area contributed by atoms with Crippen molar-refractivity contribution in [1.29, 1.82) is 0 Å². The first-order chi connectivity index (χ1) is 11.6. The molecule has 1 aliphatic heterocycles. The Morgan fingerprint density at radius 3 is 2.79 bits per heavy atom. The molecule has 3 amide bonds. The van der Waals surface area contributed by atoms with Gasteiger partial charge in [-0.2, -0.15) is 0 Å². The van der Waals surface area contributed by atoms with E-state index in [1.165, 1.54) is 16.2 Å². The van der Waals surface area contributed by atoms with E-state index in [0.717, 1.165) is 45.1 Å². The number of nitrogens with zero attached hydrogens (tertiary/aromatic N) is 1. The summed E-state index contributed by atoms with van der Waals surface area (Å²) in [6.45, 7) is 2.59. The van der Waals surface area contributed by atoms with Crippen molar-refractivity contribution in [3.8, 4) is 0 Å². The lowest BCUT2D eigenvalue weighted by molar-refractivity contribution is -0.124. The minimum absolute atomic E-state index is 0.133. The Bertz CT molecular complexity index is 784. The maximum atomic E-state index is 12.6. The number of rotatable bonds is 6. The van der Waals surface area contributed by atoms with Crippen LogP contribution in [0.15, 0.2) is 24.3 Å². The Kier molecular flexibility index (Phi) is 5.20. The fraction of sp³-hybridized carbons (Fsp3) is 0.353. The number of hydrogen-bond acceptors (Lipinski definition) is 5. The van der Waals surface area contributed by atoms with E-state index in [-0.39, 0.29) is 35.9 Å². The summed E-state index contributed by atoms with van der Waals surface area (Å²) in [5, 5.41) is 3.74. The van der Waals surface area contributed by atoms with Gasteiger partial charge in [-0.3, -0.25) is 19.3 Å². The van der Waals surface area contributed by atoms with Crippen molar-refractivity contribution >= 4 is 50.2 Å². The Balaban J connectivity index is 1.70. The molecule has 1 aliphatic rings. The van der Waals surface area contributed by atoms with Crippen molar-refractivity contribution in [2.75, 3.05) is 18.8 Å². The van der Waals surface area contributed by atoms with Crippen molar-refractivity contribution in [3.05, 3.63) is 34.7 Å². The normalized spacial score (nSPS) is 14.6. The van der Waals surface area contributed by atoms with Gasteiger partial charge in [0.15, 0.2) is 0 Å². The van der Waals surface area contributed by atoms with Crippen LogP contribution in [0.25, 0.3) is 10.1 Å². The third-order valence-electron chi connectivity index (χ3n) is 3.87. The summed E-state index contributed by atoms with van der Waals surface area (Å²) in [7, 11) is 0.